The number of nitrogens with one attached hydrogen (secondary N) is 1. The molecule has 5 heteroatoms. The number of methoxy groups -OCH3 is 1. The Hall–Kier alpha value is -2.01. The molecule has 0 unspecified atom stereocenters. The van der Waals surface area contributed by atoms with Crippen LogP contribution in [0.15, 0.2) is 18.2 Å². The number of carbonyl (C=O) groups is 1. The van der Waals surface area contributed by atoms with Crippen LogP contribution in [-0.4, -0.2) is 13.1 Å². The van der Waals surface area contributed by atoms with Crippen LogP contribution in [-0.2, 0) is 15.6 Å². The lowest BCUT2D eigenvalue weighted by Crippen LogP contribution is -2.32. The molecule has 0 radical (unpaired) electrons. The van der Waals surface area contributed by atoms with Gasteiger partial charge in [0.15, 0.2) is 0 Å². The molecule has 2 aromatic rings. The number of nitrogen functional groups attached to an aromatic ring is 1. The Labute approximate surface area is 159 Å². The third-order valence-corrected chi connectivity index (χ3v) is 7.11. The molecule has 1 aromatic heterocycles. The van der Waals surface area contributed by atoms with E-state index in [1.54, 1.807) is 12.1 Å². The fraction of sp³-hybridized carbons (Fsp3) is 0.476. The van der Waals surface area contributed by atoms with E-state index in [4.69, 9.17) is 10.5 Å². The molecule has 1 aromatic carbocycles. The summed E-state index contributed by atoms with van der Waals surface area (Å²) in [5.74, 6) is -0.380. The average Bonchev–Trinajstić information content (AvgIpc) is 2.92. The molecular formula is C21H28N2O2S. The van der Waals surface area contributed by atoms with Crippen molar-refractivity contribution < 1.29 is 9.53 Å². The van der Waals surface area contributed by atoms with Crippen molar-refractivity contribution in [3.05, 3.63) is 39.8 Å². The van der Waals surface area contributed by atoms with Crippen LogP contribution >= 0.6 is 11.3 Å². The minimum Gasteiger partial charge on any atom is -0.465 e. The molecule has 0 saturated heterocycles. The Bertz CT molecular complexity index is 865. The van der Waals surface area contributed by atoms with Crippen LogP contribution in [0.5, 0.6) is 0 Å². The fourth-order valence-electron chi connectivity index (χ4n) is 3.83. The van der Waals surface area contributed by atoms with Crippen LogP contribution in [0.4, 0.5) is 16.4 Å². The van der Waals surface area contributed by atoms with Gasteiger partial charge in [-0.25, -0.2) is 4.79 Å². The van der Waals surface area contributed by atoms with Crippen molar-refractivity contribution in [2.75, 3.05) is 18.2 Å². The number of fused-ring (bicyclic) bond motifs is 1. The number of carbonyl (C=O) groups excluding carboxylic acids is 1. The summed E-state index contributed by atoms with van der Waals surface area (Å²) < 4.78 is 4.76. The lowest BCUT2D eigenvalue weighted by atomic mass is 9.66. The highest BCUT2D eigenvalue weighted by atomic mass is 32.1. The van der Waals surface area contributed by atoms with E-state index in [0.717, 1.165) is 10.7 Å². The van der Waals surface area contributed by atoms with Crippen molar-refractivity contribution in [1.29, 1.82) is 0 Å². The summed E-state index contributed by atoms with van der Waals surface area (Å²) in [6.45, 7) is 11.5. The predicted molar refractivity (Wildman–Crippen MR) is 110 cm³/mol. The van der Waals surface area contributed by atoms with Crippen molar-refractivity contribution in [3.63, 3.8) is 0 Å². The molecule has 3 N–H and O–H groups in total. The molecule has 140 valence electrons. The summed E-state index contributed by atoms with van der Waals surface area (Å²) in [5, 5.41) is 4.63. The minimum atomic E-state index is -0.380. The molecule has 0 aliphatic heterocycles. The number of rotatable bonds is 3. The lowest BCUT2D eigenvalue weighted by Gasteiger charge is -2.39. The Balaban J connectivity index is 2.00. The number of hydrogen-bond acceptors (Lipinski definition) is 5. The van der Waals surface area contributed by atoms with Gasteiger partial charge in [-0.1, -0.05) is 27.7 Å². The molecule has 0 fully saturated rings. The van der Waals surface area contributed by atoms with Gasteiger partial charge in [0.25, 0.3) is 0 Å². The third kappa shape index (κ3) is 3.09. The second-order valence-corrected chi connectivity index (χ2v) is 9.47. The van der Waals surface area contributed by atoms with E-state index in [-0.39, 0.29) is 16.8 Å². The average molecular weight is 373 g/mol. The smallest absolute Gasteiger partial charge is 0.337 e. The van der Waals surface area contributed by atoms with Crippen LogP contribution in [0.25, 0.3) is 0 Å². The molecule has 3 rings (SSSR count). The highest BCUT2D eigenvalue weighted by Gasteiger charge is 2.40. The van der Waals surface area contributed by atoms with E-state index in [0.29, 0.717) is 11.3 Å². The Morgan fingerprint density at radius 2 is 1.85 bits per heavy atom. The van der Waals surface area contributed by atoms with Crippen LogP contribution in [0.3, 0.4) is 0 Å². The summed E-state index contributed by atoms with van der Waals surface area (Å²) in [5.41, 5.74) is 11.2. The first kappa shape index (κ1) is 18.8. The molecular weight excluding hydrogens is 344 g/mol. The van der Waals surface area contributed by atoms with E-state index in [9.17, 15) is 4.79 Å². The van der Waals surface area contributed by atoms with Gasteiger partial charge in [-0.3, -0.25) is 0 Å². The van der Waals surface area contributed by atoms with E-state index < -0.39 is 0 Å². The maximum Gasteiger partial charge on any atom is 0.337 e. The monoisotopic (exact) mass is 372 g/mol. The van der Waals surface area contributed by atoms with Gasteiger partial charge in [0.1, 0.15) is 0 Å². The maximum absolute atomic E-state index is 11.7. The molecule has 0 atom stereocenters. The normalized spacial score (nSPS) is 17.5. The second-order valence-electron chi connectivity index (χ2n) is 8.45. The van der Waals surface area contributed by atoms with Gasteiger partial charge < -0.3 is 15.8 Å². The first-order valence-corrected chi connectivity index (χ1v) is 9.78. The highest BCUT2D eigenvalue weighted by Crippen LogP contribution is 2.53. The van der Waals surface area contributed by atoms with Gasteiger partial charge in [0, 0.05) is 4.88 Å². The third-order valence-electron chi connectivity index (χ3n) is 5.53. The number of anilines is 3. The molecule has 0 bridgehead atoms. The van der Waals surface area contributed by atoms with E-state index >= 15 is 0 Å². The zero-order chi connectivity index (χ0) is 19.3. The van der Waals surface area contributed by atoms with Gasteiger partial charge >= 0.3 is 5.97 Å². The SMILES string of the molecule is COC(=O)c1ccc(Nc2sc3c(c2C)C(C)(C)CCC3(C)C)c(N)c1. The van der Waals surface area contributed by atoms with Crippen molar-refractivity contribution in [2.24, 2.45) is 0 Å². The largest absolute Gasteiger partial charge is 0.465 e. The molecule has 1 heterocycles. The maximum atomic E-state index is 11.7. The predicted octanol–water partition coefficient (Wildman–Crippen LogP) is 5.52. The van der Waals surface area contributed by atoms with Gasteiger partial charge in [-0.2, -0.15) is 0 Å². The van der Waals surface area contributed by atoms with Crippen molar-refractivity contribution in [1.82, 2.24) is 0 Å². The van der Waals surface area contributed by atoms with Crippen LogP contribution in [0.1, 0.15) is 66.9 Å². The van der Waals surface area contributed by atoms with Gasteiger partial charge in [0.2, 0.25) is 0 Å². The highest BCUT2D eigenvalue weighted by molar-refractivity contribution is 7.16. The van der Waals surface area contributed by atoms with E-state index in [1.807, 2.05) is 17.4 Å². The van der Waals surface area contributed by atoms with Gasteiger partial charge in [0.05, 0.1) is 29.0 Å². The molecule has 0 spiro atoms. The van der Waals surface area contributed by atoms with Crippen molar-refractivity contribution in [2.45, 2.75) is 58.3 Å². The standard InChI is InChI=1S/C21H28N2O2S/c1-12-16-17(21(4,5)10-9-20(16,2)3)26-18(12)23-15-8-7-13(11-14(15)22)19(24)25-6/h7-8,11,23H,9-10,22H2,1-6H3. The Morgan fingerprint density at radius 3 is 2.42 bits per heavy atom. The quantitative estimate of drug-likeness (QED) is 0.550. The number of benzene rings is 1. The number of nitrogens with two attached hydrogens (primary N) is 1. The first-order chi connectivity index (χ1) is 12.1. The van der Waals surface area contributed by atoms with Gasteiger partial charge in [-0.05, 0) is 59.9 Å². The summed E-state index contributed by atoms with van der Waals surface area (Å²) in [6.07, 6.45) is 2.39. The van der Waals surface area contributed by atoms with Crippen LogP contribution in [0.2, 0.25) is 0 Å². The summed E-state index contributed by atoms with van der Waals surface area (Å²) in [7, 11) is 1.37. The van der Waals surface area contributed by atoms with E-state index in [1.165, 1.54) is 36.0 Å². The Kier molecular flexibility index (Phi) is 4.55. The molecule has 1 aliphatic carbocycles. The summed E-state index contributed by atoms with van der Waals surface area (Å²) >= 11 is 1.83. The molecule has 0 amide bonds. The number of ether oxygens (including phenoxy) is 1. The second kappa shape index (κ2) is 6.31. The molecule has 0 saturated carbocycles. The lowest BCUT2D eigenvalue weighted by molar-refractivity contribution is 0.0601. The minimum absolute atomic E-state index is 0.186. The number of hydrogen-bond donors (Lipinski definition) is 2. The van der Waals surface area contributed by atoms with Crippen LogP contribution in [0, 0.1) is 6.92 Å². The number of thiophene rings is 1. The van der Waals surface area contributed by atoms with Gasteiger partial charge in [-0.15, -0.1) is 11.3 Å². The van der Waals surface area contributed by atoms with Crippen molar-refractivity contribution >= 4 is 33.7 Å². The van der Waals surface area contributed by atoms with Crippen molar-refractivity contribution in [3.8, 4) is 0 Å². The molecule has 4 nitrogen and oxygen atoms in total. The van der Waals surface area contributed by atoms with E-state index in [2.05, 4.69) is 39.9 Å². The molecule has 1 aliphatic rings. The fourth-order valence-corrected chi connectivity index (χ4v) is 5.36. The zero-order valence-electron chi connectivity index (χ0n) is 16.4. The van der Waals surface area contributed by atoms with Crippen LogP contribution < -0.4 is 11.1 Å². The zero-order valence-corrected chi connectivity index (χ0v) is 17.3. The molecule has 26 heavy (non-hydrogen) atoms. The number of esters is 1. The summed E-state index contributed by atoms with van der Waals surface area (Å²) in [4.78, 5) is 13.1. The Morgan fingerprint density at radius 1 is 1.19 bits per heavy atom. The summed E-state index contributed by atoms with van der Waals surface area (Å²) in [6, 6.07) is 5.24. The topological polar surface area (TPSA) is 64.3 Å². The first-order valence-electron chi connectivity index (χ1n) is 8.96.